The highest BCUT2D eigenvalue weighted by Crippen LogP contribution is 2.40. The Balaban J connectivity index is 1.69. The molecule has 0 fully saturated rings. The smallest absolute Gasteiger partial charge is 0.191 e. The summed E-state index contributed by atoms with van der Waals surface area (Å²) >= 11 is 0. The van der Waals surface area contributed by atoms with Crippen LogP contribution < -0.4 is 14.4 Å². The maximum Gasteiger partial charge on any atom is 0.191 e. The lowest BCUT2D eigenvalue weighted by molar-refractivity contribution is 0.358. The van der Waals surface area contributed by atoms with Crippen LogP contribution >= 0.6 is 0 Å². The lowest BCUT2D eigenvalue weighted by atomic mass is 10.2. The van der Waals surface area contributed by atoms with Gasteiger partial charge >= 0.3 is 0 Å². The zero-order chi connectivity index (χ0) is 25.2. The zero-order valence-electron chi connectivity index (χ0n) is 19.6. The van der Waals surface area contributed by atoms with E-state index in [2.05, 4.69) is 30.0 Å². The van der Waals surface area contributed by atoms with Gasteiger partial charge in [-0.25, -0.2) is 18.7 Å². The van der Waals surface area contributed by atoms with Crippen molar-refractivity contribution in [1.82, 2.24) is 34.7 Å². The number of fused-ring (bicyclic) bond motifs is 1. The number of aromatic nitrogens is 7. The molecule has 0 saturated heterocycles. The molecular weight excluding hydrogens is 470 g/mol. The summed E-state index contributed by atoms with van der Waals surface area (Å²) in [5, 5.41) is 4.16. The van der Waals surface area contributed by atoms with Crippen LogP contribution in [0.3, 0.4) is 0 Å². The highest BCUT2D eigenvalue weighted by molar-refractivity contribution is 5.77. The van der Waals surface area contributed by atoms with Crippen molar-refractivity contribution in [3.63, 3.8) is 0 Å². The van der Waals surface area contributed by atoms with Crippen LogP contribution in [0.5, 0.6) is 11.5 Å². The first-order valence-corrected chi connectivity index (χ1v) is 10.7. The molecule has 0 unspecified atom stereocenters. The zero-order valence-corrected chi connectivity index (χ0v) is 19.6. The summed E-state index contributed by atoms with van der Waals surface area (Å²) in [6.07, 6.45) is 9.58. The van der Waals surface area contributed by atoms with Crippen LogP contribution in [0.25, 0.3) is 22.4 Å². The SMILES string of the molecule is COc1cc(OC)c(F)c(N(Cc2cnccn2)c2ccc3ncc(-c4cnn(C)c4)nc3n2)c1F. The molecule has 0 aliphatic carbocycles. The number of pyridine rings is 1. The third-order valence-corrected chi connectivity index (χ3v) is 5.43. The van der Waals surface area contributed by atoms with Gasteiger partial charge in [-0.2, -0.15) is 5.10 Å². The number of anilines is 2. The van der Waals surface area contributed by atoms with E-state index in [9.17, 15) is 0 Å². The second-order valence-electron chi connectivity index (χ2n) is 7.71. The quantitative estimate of drug-likeness (QED) is 0.336. The van der Waals surface area contributed by atoms with Gasteiger partial charge in [0, 0.05) is 37.3 Å². The number of nitrogens with zero attached hydrogens (tertiary/aromatic N) is 8. The van der Waals surface area contributed by atoms with Gasteiger partial charge in [0.25, 0.3) is 0 Å². The fourth-order valence-corrected chi connectivity index (χ4v) is 3.69. The van der Waals surface area contributed by atoms with Gasteiger partial charge in [-0.3, -0.25) is 19.6 Å². The van der Waals surface area contributed by atoms with E-state index >= 15 is 8.78 Å². The molecule has 4 aromatic heterocycles. The summed E-state index contributed by atoms with van der Waals surface area (Å²) in [6.45, 7) is -0.0494. The molecule has 5 rings (SSSR count). The molecule has 1 aromatic carbocycles. The van der Waals surface area contributed by atoms with Crippen LogP contribution in [-0.4, -0.2) is 48.9 Å². The number of benzene rings is 1. The monoisotopic (exact) mass is 490 g/mol. The number of methoxy groups -OCH3 is 2. The highest BCUT2D eigenvalue weighted by Gasteiger charge is 2.27. The van der Waals surface area contributed by atoms with E-state index in [0.29, 0.717) is 16.9 Å². The molecule has 182 valence electrons. The Morgan fingerprint density at radius 2 is 1.72 bits per heavy atom. The first-order chi connectivity index (χ1) is 17.5. The molecule has 0 aliphatic heterocycles. The minimum atomic E-state index is -0.920. The molecule has 0 spiro atoms. The van der Waals surface area contributed by atoms with Crippen molar-refractivity contribution in [2.24, 2.45) is 7.05 Å². The average molecular weight is 490 g/mol. The highest BCUT2D eigenvalue weighted by atomic mass is 19.1. The summed E-state index contributed by atoms with van der Waals surface area (Å²) < 4.78 is 43.0. The first kappa shape index (κ1) is 23.0. The van der Waals surface area contributed by atoms with Crippen LogP contribution in [0.15, 0.2) is 55.4 Å². The van der Waals surface area contributed by atoms with Gasteiger partial charge in [0.2, 0.25) is 0 Å². The van der Waals surface area contributed by atoms with Gasteiger partial charge in [0.1, 0.15) is 17.0 Å². The standard InChI is InChI=1S/C24H20F2N8O2/c1-33-12-14(9-30-33)17-11-29-16-4-5-20(32-24(16)31-17)34(13-15-10-27-6-7-28-15)23-21(25)18(35-2)8-19(36-3)22(23)26/h4-12H,13H2,1-3H3. The van der Waals surface area contributed by atoms with Crippen LogP contribution in [0.1, 0.15) is 5.69 Å². The van der Waals surface area contributed by atoms with E-state index in [-0.39, 0.29) is 29.5 Å². The van der Waals surface area contributed by atoms with E-state index in [0.717, 1.165) is 11.6 Å². The molecule has 0 bridgehead atoms. The number of aryl methyl sites for hydroxylation is 1. The average Bonchev–Trinajstić information content (AvgIpc) is 3.34. The molecule has 12 heteroatoms. The van der Waals surface area contributed by atoms with Crippen molar-refractivity contribution in [3.8, 4) is 22.8 Å². The predicted octanol–water partition coefficient (Wildman–Crippen LogP) is 3.85. The fraction of sp³-hybridized carbons (Fsp3) is 0.167. The summed E-state index contributed by atoms with van der Waals surface area (Å²) in [7, 11) is 4.37. The molecule has 0 aliphatic rings. The van der Waals surface area contributed by atoms with Crippen LogP contribution in [0.4, 0.5) is 20.3 Å². The van der Waals surface area contributed by atoms with Gasteiger partial charge in [0.15, 0.2) is 28.8 Å². The van der Waals surface area contributed by atoms with Crippen molar-refractivity contribution in [2.45, 2.75) is 6.54 Å². The van der Waals surface area contributed by atoms with Crippen LogP contribution in [0.2, 0.25) is 0 Å². The molecule has 0 saturated carbocycles. The van der Waals surface area contributed by atoms with Crippen molar-refractivity contribution < 1.29 is 18.3 Å². The number of ether oxygens (including phenoxy) is 2. The van der Waals surface area contributed by atoms with Gasteiger partial charge in [0.05, 0.1) is 50.7 Å². The fourth-order valence-electron chi connectivity index (χ4n) is 3.69. The largest absolute Gasteiger partial charge is 0.493 e. The number of hydrogen-bond donors (Lipinski definition) is 0. The molecule has 0 atom stereocenters. The number of rotatable bonds is 7. The predicted molar refractivity (Wildman–Crippen MR) is 127 cm³/mol. The van der Waals surface area contributed by atoms with Crippen LogP contribution in [-0.2, 0) is 13.6 Å². The Kier molecular flexibility index (Phi) is 6.07. The van der Waals surface area contributed by atoms with Crippen LogP contribution in [0, 0.1) is 11.6 Å². The Hall–Kier alpha value is -4.74. The van der Waals surface area contributed by atoms with E-state index in [1.165, 1.54) is 37.7 Å². The summed E-state index contributed by atoms with van der Waals surface area (Å²) in [6, 6.07) is 4.42. The maximum atomic E-state index is 15.5. The lowest BCUT2D eigenvalue weighted by Crippen LogP contribution is -2.22. The second kappa shape index (κ2) is 9.49. The molecular formula is C24H20F2N8O2. The molecule has 0 N–H and O–H groups in total. The molecule has 36 heavy (non-hydrogen) atoms. The summed E-state index contributed by atoms with van der Waals surface area (Å²) in [5.41, 5.74) is 2.14. The van der Waals surface area contributed by atoms with E-state index in [4.69, 9.17) is 9.47 Å². The number of halogens is 2. The molecule has 0 amide bonds. The third kappa shape index (κ3) is 4.24. The van der Waals surface area contributed by atoms with Gasteiger partial charge < -0.3 is 14.4 Å². The summed E-state index contributed by atoms with van der Waals surface area (Å²) in [4.78, 5) is 23.3. The van der Waals surface area contributed by atoms with Gasteiger partial charge in [-0.15, -0.1) is 0 Å². The Morgan fingerprint density at radius 1 is 0.944 bits per heavy atom. The van der Waals surface area contributed by atoms with Crippen molar-refractivity contribution in [2.75, 3.05) is 19.1 Å². The minimum absolute atomic E-state index is 0.0494. The van der Waals surface area contributed by atoms with Gasteiger partial charge in [-0.05, 0) is 12.1 Å². The second-order valence-corrected chi connectivity index (χ2v) is 7.71. The number of hydrogen-bond acceptors (Lipinski definition) is 9. The Labute approximate surface area is 204 Å². The maximum absolute atomic E-state index is 15.5. The normalized spacial score (nSPS) is 11.0. The molecule has 5 aromatic rings. The Morgan fingerprint density at radius 3 is 2.36 bits per heavy atom. The molecule has 10 nitrogen and oxygen atoms in total. The molecule has 4 heterocycles. The van der Waals surface area contributed by atoms with Crippen molar-refractivity contribution in [3.05, 3.63) is 72.7 Å². The van der Waals surface area contributed by atoms with Crippen molar-refractivity contribution >= 4 is 22.7 Å². The Bertz CT molecular complexity index is 1520. The minimum Gasteiger partial charge on any atom is -0.493 e. The van der Waals surface area contributed by atoms with E-state index in [1.54, 1.807) is 42.5 Å². The topological polar surface area (TPSA) is 104 Å². The molecule has 0 radical (unpaired) electrons. The van der Waals surface area contributed by atoms with E-state index in [1.807, 2.05) is 0 Å². The van der Waals surface area contributed by atoms with Crippen molar-refractivity contribution in [1.29, 1.82) is 0 Å². The van der Waals surface area contributed by atoms with Gasteiger partial charge in [-0.1, -0.05) is 0 Å². The first-order valence-electron chi connectivity index (χ1n) is 10.7. The third-order valence-electron chi connectivity index (χ3n) is 5.43. The lowest BCUT2D eigenvalue weighted by Gasteiger charge is -2.26. The summed E-state index contributed by atoms with van der Waals surface area (Å²) in [5.74, 6) is -2.01. The van der Waals surface area contributed by atoms with E-state index < -0.39 is 17.3 Å².